The van der Waals surface area contributed by atoms with E-state index in [1.807, 2.05) is 0 Å². The molecule has 0 aromatic carbocycles. The smallest absolute Gasteiger partial charge is 0.350 e. The van der Waals surface area contributed by atoms with Gasteiger partial charge in [0.05, 0.1) is 30.9 Å². The zero-order valence-corrected chi connectivity index (χ0v) is 10.9. The Balaban J connectivity index is 2.90. The molecule has 1 heterocycles. The Bertz CT molecular complexity index is 466. The Hall–Kier alpha value is -1.49. The standard InChI is InChI=1S/C11H14N2O4S/c1-3-17-11(16)9-6(2)13-10(18-9)8(15)7(14)4-5-12/h7-8,14-15H,3-4H2,1-2H3. The molecule has 0 aliphatic rings. The minimum absolute atomic E-state index is 0.200. The van der Waals surface area contributed by atoms with Gasteiger partial charge in [0.15, 0.2) is 0 Å². The highest BCUT2D eigenvalue weighted by molar-refractivity contribution is 7.13. The van der Waals surface area contributed by atoms with Crippen molar-refractivity contribution in [2.24, 2.45) is 0 Å². The van der Waals surface area contributed by atoms with Crippen LogP contribution in [-0.4, -0.2) is 33.9 Å². The molecular formula is C11H14N2O4S. The molecular weight excluding hydrogens is 256 g/mol. The highest BCUT2D eigenvalue weighted by atomic mass is 32.1. The Morgan fingerprint density at radius 2 is 2.28 bits per heavy atom. The number of carbonyl (C=O) groups excluding carboxylic acids is 1. The van der Waals surface area contributed by atoms with Crippen molar-refractivity contribution in [3.63, 3.8) is 0 Å². The molecule has 0 saturated carbocycles. The van der Waals surface area contributed by atoms with Crippen molar-refractivity contribution in [3.8, 4) is 6.07 Å². The van der Waals surface area contributed by atoms with Crippen LogP contribution in [0.15, 0.2) is 0 Å². The van der Waals surface area contributed by atoms with E-state index in [4.69, 9.17) is 10.00 Å². The summed E-state index contributed by atoms with van der Waals surface area (Å²) >= 11 is 0.965. The molecule has 98 valence electrons. The molecule has 0 aliphatic carbocycles. The third kappa shape index (κ3) is 3.26. The van der Waals surface area contributed by atoms with Crippen LogP contribution in [0.2, 0.25) is 0 Å². The monoisotopic (exact) mass is 270 g/mol. The Morgan fingerprint density at radius 3 is 2.83 bits per heavy atom. The van der Waals surface area contributed by atoms with Crippen molar-refractivity contribution in [2.45, 2.75) is 32.5 Å². The summed E-state index contributed by atoms with van der Waals surface area (Å²) in [6.07, 6.45) is -2.68. The number of nitrogens with zero attached hydrogens (tertiary/aromatic N) is 2. The molecule has 0 aliphatic heterocycles. The van der Waals surface area contributed by atoms with E-state index in [9.17, 15) is 15.0 Å². The maximum atomic E-state index is 11.5. The molecule has 2 N–H and O–H groups in total. The average molecular weight is 270 g/mol. The summed E-state index contributed by atoms with van der Waals surface area (Å²) in [6, 6.07) is 1.76. The minimum atomic E-state index is -1.27. The van der Waals surface area contributed by atoms with Crippen molar-refractivity contribution in [1.29, 1.82) is 5.26 Å². The molecule has 7 heteroatoms. The maximum Gasteiger partial charge on any atom is 0.350 e. The van der Waals surface area contributed by atoms with Crippen LogP contribution < -0.4 is 0 Å². The number of aliphatic hydroxyl groups is 2. The van der Waals surface area contributed by atoms with Crippen LogP contribution in [0.3, 0.4) is 0 Å². The molecule has 0 amide bonds. The second-order valence-electron chi connectivity index (χ2n) is 3.56. The van der Waals surface area contributed by atoms with Crippen LogP contribution in [0.25, 0.3) is 0 Å². The fourth-order valence-electron chi connectivity index (χ4n) is 1.30. The van der Waals surface area contributed by atoms with Crippen molar-refractivity contribution in [1.82, 2.24) is 4.98 Å². The van der Waals surface area contributed by atoms with E-state index in [1.54, 1.807) is 19.9 Å². The number of thiazole rings is 1. The number of rotatable bonds is 5. The van der Waals surface area contributed by atoms with E-state index in [1.165, 1.54) is 0 Å². The first-order chi connectivity index (χ1) is 8.51. The van der Waals surface area contributed by atoms with Crippen LogP contribution in [0.5, 0.6) is 0 Å². The van der Waals surface area contributed by atoms with E-state index in [-0.39, 0.29) is 18.0 Å². The number of aliphatic hydroxyl groups excluding tert-OH is 2. The lowest BCUT2D eigenvalue weighted by Crippen LogP contribution is -2.17. The summed E-state index contributed by atoms with van der Waals surface area (Å²) in [5.41, 5.74) is 0.441. The van der Waals surface area contributed by atoms with Crippen LogP contribution in [0.4, 0.5) is 0 Å². The topological polar surface area (TPSA) is 103 Å². The lowest BCUT2D eigenvalue weighted by Gasteiger charge is -2.11. The molecule has 2 unspecified atom stereocenters. The molecule has 0 saturated heterocycles. The number of ether oxygens (including phenoxy) is 1. The normalized spacial score (nSPS) is 13.7. The van der Waals surface area contributed by atoms with E-state index in [2.05, 4.69) is 4.98 Å². The second-order valence-corrected chi connectivity index (χ2v) is 4.59. The number of nitriles is 1. The summed E-state index contributed by atoms with van der Waals surface area (Å²) in [6.45, 7) is 3.57. The molecule has 1 rings (SSSR count). The first-order valence-electron chi connectivity index (χ1n) is 5.38. The van der Waals surface area contributed by atoms with Gasteiger partial charge in [0.2, 0.25) is 0 Å². The molecule has 0 fully saturated rings. The van der Waals surface area contributed by atoms with Crippen LogP contribution in [0.1, 0.15) is 39.8 Å². The Morgan fingerprint density at radius 1 is 1.61 bits per heavy atom. The zero-order valence-electron chi connectivity index (χ0n) is 10.1. The summed E-state index contributed by atoms with van der Waals surface area (Å²) in [4.78, 5) is 15.9. The fraction of sp³-hybridized carbons (Fsp3) is 0.545. The maximum absolute atomic E-state index is 11.5. The Labute approximate surface area is 108 Å². The van der Waals surface area contributed by atoms with Gasteiger partial charge in [0.1, 0.15) is 16.0 Å². The van der Waals surface area contributed by atoms with Crippen molar-refractivity contribution in [3.05, 3.63) is 15.6 Å². The van der Waals surface area contributed by atoms with Gasteiger partial charge in [-0.15, -0.1) is 11.3 Å². The summed E-state index contributed by atoms with van der Waals surface area (Å²) in [7, 11) is 0. The van der Waals surface area contributed by atoms with E-state index in [0.29, 0.717) is 10.6 Å². The van der Waals surface area contributed by atoms with Gasteiger partial charge in [-0.05, 0) is 13.8 Å². The summed E-state index contributed by atoms with van der Waals surface area (Å²) < 4.78 is 4.84. The number of esters is 1. The lowest BCUT2D eigenvalue weighted by atomic mass is 10.1. The second kappa shape index (κ2) is 6.44. The van der Waals surface area contributed by atoms with Gasteiger partial charge in [-0.3, -0.25) is 0 Å². The van der Waals surface area contributed by atoms with Crippen LogP contribution in [-0.2, 0) is 4.74 Å². The third-order valence-electron chi connectivity index (χ3n) is 2.19. The molecule has 18 heavy (non-hydrogen) atoms. The Kier molecular flexibility index (Phi) is 5.22. The number of carbonyl (C=O) groups is 1. The highest BCUT2D eigenvalue weighted by Gasteiger charge is 2.25. The fourth-order valence-corrected chi connectivity index (χ4v) is 2.30. The lowest BCUT2D eigenvalue weighted by molar-refractivity contribution is 0.0214. The van der Waals surface area contributed by atoms with E-state index < -0.39 is 18.2 Å². The van der Waals surface area contributed by atoms with Crippen molar-refractivity contribution >= 4 is 17.3 Å². The largest absolute Gasteiger partial charge is 0.462 e. The van der Waals surface area contributed by atoms with Gasteiger partial charge >= 0.3 is 5.97 Å². The summed E-state index contributed by atoms with van der Waals surface area (Å²) in [5.74, 6) is -0.499. The van der Waals surface area contributed by atoms with Crippen LogP contribution >= 0.6 is 11.3 Å². The number of aryl methyl sites for hydroxylation is 1. The first kappa shape index (κ1) is 14.6. The third-order valence-corrected chi connectivity index (χ3v) is 3.40. The van der Waals surface area contributed by atoms with E-state index >= 15 is 0 Å². The number of hydrogen-bond acceptors (Lipinski definition) is 7. The SMILES string of the molecule is CCOC(=O)c1sc(C(O)C(O)CC#N)nc1C. The van der Waals surface area contributed by atoms with Gasteiger partial charge in [-0.1, -0.05) is 0 Å². The number of hydrogen-bond donors (Lipinski definition) is 2. The van der Waals surface area contributed by atoms with Gasteiger partial charge in [0, 0.05) is 0 Å². The number of aromatic nitrogens is 1. The highest BCUT2D eigenvalue weighted by Crippen LogP contribution is 2.27. The quantitative estimate of drug-likeness (QED) is 0.772. The van der Waals surface area contributed by atoms with Gasteiger partial charge < -0.3 is 14.9 Å². The first-order valence-corrected chi connectivity index (χ1v) is 6.20. The molecule has 0 spiro atoms. The van der Waals surface area contributed by atoms with Crippen molar-refractivity contribution < 1.29 is 19.7 Å². The van der Waals surface area contributed by atoms with Gasteiger partial charge in [-0.25, -0.2) is 9.78 Å². The van der Waals surface area contributed by atoms with Gasteiger partial charge in [0.25, 0.3) is 0 Å². The van der Waals surface area contributed by atoms with E-state index in [0.717, 1.165) is 11.3 Å². The molecule has 0 radical (unpaired) electrons. The molecule has 1 aromatic rings. The molecule has 0 bridgehead atoms. The molecule has 1 aromatic heterocycles. The average Bonchev–Trinajstić information content (AvgIpc) is 2.71. The minimum Gasteiger partial charge on any atom is -0.462 e. The molecule has 2 atom stereocenters. The van der Waals surface area contributed by atoms with Crippen LogP contribution in [0, 0.1) is 18.3 Å². The van der Waals surface area contributed by atoms with Crippen molar-refractivity contribution in [2.75, 3.05) is 6.61 Å². The predicted molar refractivity (Wildman–Crippen MR) is 64.0 cm³/mol. The molecule has 6 nitrogen and oxygen atoms in total. The van der Waals surface area contributed by atoms with Gasteiger partial charge in [-0.2, -0.15) is 5.26 Å². The predicted octanol–water partition coefficient (Wildman–Crippen LogP) is 0.936. The summed E-state index contributed by atoms with van der Waals surface area (Å²) in [5, 5.41) is 27.9. The zero-order chi connectivity index (χ0) is 13.7.